The van der Waals surface area contributed by atoms with E-state index in [9.17, 15) is 0 Å². The highest BCUT2D eigenvalue weighted by molar-refractivity contribution is 6.29. The number of fused-ring (bicyclic) bond motifs is 1. The molecule has 0 bridgehead atoms. The van der Waals surface area contributed by atoms with Crippen LogP contribution in [-0.4, -0.2) is 22.1 Å². The number of aromatic nitrogens is 2. The van der Waals surface area contributed by atoms with Crippen molar-refractivity contribution in [3.8, 4) is 5.75 Å². The molecular formula is C21H19ClN4O. The maximum Gasteiger partial charge on any atom is 0.227 e. The number of halogens is 1. The van der Waals surface area contributed by atoms with Crippen LogP contribution in [-0.2, 0) is 0 Å². The fraction of sp³-hybridized carbons (Fsp3) is 0.286. The van der Waals surface area contributed by atoms with E-state index in [2.05, 4.69) is 20.1 Å². The zero-order valence-electron chi connectivity index (χ0n) is 14.7. The second kappa shape index (κ2) is 7.81. The molecule has 27 heavy (non-hydrogen) atoms. The molecule has 0 saturated heterocycles. The maximum atomic E-state index is 7.25. The second-order valence-electron chi connectivity index (χ2n) is 6.73. The van der Waals surface area contributed by atoms with Crippen LogP contribution < -0.4 is 10.1 Å². The minimum absolute atomic E-state index is 0.0946. The zero-order chi connectivity index (χ0) is 18.6. The number of nitrogens with one attached hydrogen (secondary N) is 1. The minimum Gasteiger partial charge on any atom is -0.490 e. The van der Waals surface area contributed by atoms with E-state index in [0.29, 0.717) is 5.15 Å². The largest absolute Gasteiger partial charge is 0.490 e. The number of nitrogens with zero attached hydrogens (tertiary/aromatic N) is 3. The summed E-state index contributed by atoms with van der Waals surface area (Å²) in [5, 5.41) is 5.79. The summed E-state index contributed by atoms with van der Waals surface area (Å²) in [5.41, 5.74) is 0.826. The molecule has 1 N–H and O–H groups in total. The second-order valence-corrected chi connectivity index (χ2v) is 7.11. The number of ether oxygens (including phenoxy) is 1. The van der Waals surface area contributed by atoms with Gasteiger partial charge < -0.3 is 14.9 Å². The quantitative estimate of drug-likeness (QED) is 0.471. The summed E-state index contributed by atoms with van der Waals surface area (Å²) in [5.74, 6) is 1.59. The Bertz CT molecular complexity index is 984. The lowest BCUT2D eigenvalue weighted by Gasteiger charge is -2.24. The lowest BCUT2D eigenvalue weighted by atomic mass is 9.93. The van der Waals surface area contributed by atoms with Crippen LogP contribution in [0.1, 0.15) is 25.7 Å². The van der Waals surface area contributed by atoms with Crippen molar-refractivity contribution in [2.45, 2.75) is 37.8 Å². The van der Waals surface area contributed by atoms with Gasteiger partial charge in [-0.2, -0.15) is 0 Å². The summed E-state index contributed by atoms with van der Waals surface area (Å²) in [6.45, 7) is 7.25. The van der Waals surface area contributed by atoms with Gasteiger partial charge >= 0.3 is 0 Å². The molecule has 2 atom stereocenters. The highest BCUT2D eigenvalue weighted by Gasteiger charge is 2.26. The Morgan fingerprint density at radius 1 is 1.15 bits per heavy atom. The van der Waals surface area contributed by atoms with Crippen LogP contribution in [0.15, 0.2) is 48.8 Å². The third kappa shape index (κ3) is 4.12. The topological polar surface area (TPSA) is 51.4 Å². The first-order chi connectivity index (χ1) is 13.2. The predicted molar refractivity (Wildman–Crippen MR) is 108 cm³/mol. The molecule has 0 amide bonds. The average molecular weight is 379 g/mol. The van der Waals surface area contributed by atoms with Crippen molar-refractivity contribution in [2.75, 3.05) is 5.32 Å². The van der Waals surface area contributed by atoms with Crippen molar-refractivity contribution >= 4 is 33.9 Å². The Labute approximate surface area is 163 Å². The Morgan fingerprint density at radius 2 is 2.07 bits per heavy atom. The van der Waals surface area contributed by atoms with E-state index in [0.717, 1.165) is 53.7 Å². The van der Waals surface area contributed by atoms with Crippen LogP contribution in [0, 0.1) is 6.57 Å². The molecule has 4 rings (SSSR count). The van der Waals surface area contributed by atoms with Gasteiger partial charge in [0.1, 0.15) is 22.8 Å². The third-order valence-electron chi connectivity index (χ3n) is 4.81. The van der Waals surface area contributed by atoms with Gasteiger partial charge in [0.2, 0.25) is 6.04 Å². The Balaban J connectivity index is 1.55. The van der Waals surface area contributed by atoms with Gasteiger partial charge in [0.15, 0.2) is 0 Å². The molecule has 0 aliphatic heterocycles. The van der Waals surface area contributed by atoms with Crippen molar-refractivity contribution in [1.82, 2.24) is 9.97 Å². The summed E-state index contributed by atoms with van der Waals surface area (Å²) in [6, 6.07) is 11.7. The summed E-state index contributed by atoms with van der Waals surface area (Å²) >= 11 is 5.84. The van der Waals surface area contributed by atoms with Crippen LogP contribution >= 0.6 is 11.6 Å². The number of pyridine rings is 2. The van der Waals surface area contributed by atoms with Gasteiger partial charge in [0.25, 0.3) is 0 Å². The third-order valence-corrected chi connectivity index (χ3v) is 5.03. The molecule has 136 valence electrons. The highest BCUT2D eigenvalue weighted by Crippen LogP contribution is 2.30. The molecule has 2 aromatic heterocycles. The Kier molecular flexibility index (Phi) is 5.08. The first kappa shape index (κ1) is 17.6. The van der Waals surface area contributed by atoms with E-state index in [-0.39, 0.29) is 12.1 Å². The molecule has 1 saturated carbocycles. The standard InChI is InChI=1S/C21H19ClN4O/c1-23-15-3-2-4-17(12-15)27-18-6-7-19-14(11-18)9-10-24-21(19)26-16-5-8-20(22)25-13-16/h5-11,13,15,17H,2-4,12H2,(H,24,26)/t15-,17-/m1/s1. The van der Waals surface area contributed by atoms with Crippen LogP contribution in [0.25, 0.3) is 15.6 Å². The van der Waals surface area contributed by atoms with Gasteiger partial charge in [-0.25, -0.2) is 16.5 Å². The fourth-order valence-electron chi connectivity index (χ4n) is 3.45. The fourth-order valence-corrected chi connectivity index (χ4v) is 3.56. The Hall–Kier alpha value is -2.84. The molecule has 1 aliphatic carbocycles. The van der Waals surface area contributed by atoms with Gasteiger partial charge in [-0.05, 0) is 54.6 Å². The maximum absolute atomic E-state index is 7.25. The van der Waals surface area contributed by atoms with E-state index in [4.69, 9.17) is 22.9 Å². The molecule has 0 unspecified atom stereocenters. The molecular weight excluding hydrogens is 360 g/mol. The smallest absolute Gasteiger partial charge is 0.227 e. The normalized spacial score (nSPS) is 19.4. The van der Waals surface area contributed by atoms with Crippen molar-refractivity contribution in [1.29, 1.82) is 0 Å². The molecule has 1 aromatic carbocycles. The minimum atomic E-state index is 0.0946. The summed E-state index contributed by atoms with van der Waals surface area (Å²) < 4.78 is 6.16. The van der Waals surface area contributed by atoms with Gasteiger partial charge in [0, 0.05) is 18.0 Å². The number of anilines is 2. The predicted octanol–water partition coefficient (Wildman–Crippen LogP) is 5.64. The van der Waals surface area contributed by atoms with E-state index in [1.165, 1.54) is 0 Å². The van der Waals surface area contributed by atoms with Crippen molar-refractivity contribution in [3.05, 3.63) is 65.4 Å². The number of rotatable bonds is 4. The highest BCUT2D eigenvalue weighted by atomic mass is 35.5. The van der Waals surface area contributed by atoms with Gasteiger partial charge in [-0.15, -0.1) is 0 Å². The lowest BCUT2D eigenvalue weighted by Crippen LogP contribution is -2.26. The van der Waals surface area contributed by atoms with E-state index >= 15 is 0 Å². The number of benzene rings is 1. The molecule has 1 aliphatic rings. The first-order valence-corrected chi connectivity index (χ1v) is 9.39. The zero-order valence-corrected chi connectivity index (χ0v) is 15.5. The van der Waals surface area contributed by atoms with Crippen molar-refractivity contribution in [3.63, 3.8) is 0 Å². The van der Waals surface area contributed by atoms with Gasteiger partial charge in [0.05, 0.1) is 18.3 Å². The SMILES string of the molecule is [C-]#[N+][C@@H]1CCC[C@@H](Oc2ccc3c(Nc4ccc(Cl)nc4)nccc3c2)C1. The van der Waals surface area contributed by atoms with E-state index in [1.54, 1.807) is 18.5 Å². The molecule has 2 heterocycles. The Morgan fingerprint density at radius 3 is 2.89 bits per heavy atom. The molecule has 5 nitrogen and oxygen atoms in total. The van der Waals surface area contributed by atoms with Crippen molar-refractivity contribution < 1.29 is 4.74 Å². The number of hydrogen-bond acceptors (Lipinski definition) is 4. The molecule has 1 fully saturated rings. The summed E-state index contributed by atoms with van der Waals surface area (Å²) in [7, 11) is 0. The van der Waals surface area contributed by atoms with Crippen LogP contribution in [0.2, 0.25) is 5.15 Å². The lowest BCUT2D eigenvalue weighted by molar-refractivity contribution is 0.151. The molecule has 0 spiro atoms. The molecule has 0 radical (unpaired) electrons. The van der Waals surface area contributed by atoms with Crippen LogP contribution in [0.3, 0.4) is 0 Å². The average Bonchev–Trinajstić information content (AvgIpc) is 2.70. The monoisotopic (exact) mass is 378 g/mol. The van der Waals surface area contributed by atoms with Crippen molar-refractivity contribution in [2.24, 2.45) is 0 Å². The van der Waals surface area contributed by atoms with E-state index in [1.807, 2.05) is 30.3 Å². The number of hydrogen-bond donors (Lipinski definition) is 1. The van der Waals surface area contributed by atoms with Gasteiger partial charge in [-0.3, -0.25) is 0 Å². The summed E-state index contributed by atoms with van der Waals surface area (Å²) in [6.07, 6.45) is 7.44. The molecule has 3 aromatic rings. The first-order valence-electron chi connectivity index (χ1n) is 9.02. The summed E-state index contributed by atoms with van der Waals surface area (Å²) in [4.78, 5) is 12.2. The van der Waals surface area contributed by atoms with Gasteiger partial charge in [-0.1, -0.05) is 11.6 Å². The van der Waals surface area contributed by atoms with E-state index < -0.39 is 0 Å². The van der Waals surface area contributed by atoms with Crippen LogP contribution in [0.4, 0.5) is 11.5 Å². The van der Waals surface area contributed by atoms with Crippen LogP contribution in [0.5, 0.6) is 5.75 Å². The molecule has 6 heteroatoms.